The number of benzene rings is 2. The van der Waals surface area contributed by atoms with Crippen LogP contribution in [-0.2, 0) is 13.0 Å². The van der Waals surface area contributed by atoms with E-state index in [1.54, 1.807) is 0 Å². The second-order valence-corrected chi connectivity index (χ2v) is 5.57. The van der Waals surface area contributed by atoms with Crippen LogP contribution >= 0.6 is 0 Å². The Morgan fingerprint density at radius 2 is 2.05 bits per heavy atom. The summed E-state index contributed by atoms with van der Waals surface area (Å²) in [7, 11) is 0. The van der Waals surface area contributed by atoms with Crippen molar-refractivity contribution in [3.05, 3.63) is 64.7 Å². The molecule has 0 fully saturated rings. The van der Waals surface area contributed by atoms with Crippen molar-refractivity contribution in [2.75, 3.05) is 0 Å². The molecule has 1 aliphatic carbocycles. The van der Waals surface area contributed by atoms with E-state index in [4.69, 9.17) is 10.5 Å². The fourth-order valence-corrected chi connectivity index (χ4v) is 2.84. The average Bonchev–Trinajstić information content (AvgIpc) is 2.47. The van der Waals surface area contributed by atoms with Crippen LogP contribution in [0.1, 0.15) is 41.1 Å². The zero-order chi connectivity index (χ0) is 13.9. The van der Waals surface area contributed by atoms with Crippen LogP contribution in [0.3, 0.4) is 0 Å². The predicted molar refractivity (Wildman–Crippen MR) is 81.8 cm³/mol. The number of ether oxygens (including phenoxy) is 1. The Morgan fingerprint density at radius 3 is 2.90 bits per heavy atom. The van der Waals surface area contributed by atoms with Gasteiger partial charge in [0.05, 0.1) is 0 Å². The van der Waals surface area contributed by atoms with E-state index >= 15 is 0 Å². The molecule has 2 N–H and O–H groups in total. The highest BCUT2D eigenvalue weighted by Crippen LogP contribution is 2.31. The molecule has 0 radical (unpaired) electrons. The van der Waals surface area contributed by atoms with Gasteiger partial charge in [0.2, 0.25) is 0 Å². The van der Waals surface area contributed by atoms with Gasteiger partial charge < -0.3 is 10.5 Å². The van der Waals surface area contributed by atoms with Crippen LogP contribution < -0.4 is 10.5 Å². The van der Waals surface area contributed by atoms with Crippen LogP contribution in [-0.4, -0.2) is 0 Å². The van der Waals surface area contributed by atoms with Gasteiger partial charge in [-0.15, -0.1) is 0 Å². The molecule has 0 saturated carbocycles. The Bertz CT molecular complexity index is 606. The normalized spacial score (nSPS) is 17.6. The van der Waals surface area contributed by atoms with Gasteiger partial charge in [-0.05, 0) is 60.6 Å². The summed E-state index contributed by atoms with van der Waals surface area (Å²) in [4.78, 5) is 0. The van der Waals surface area contributed by atoms with Crippen molar-refractivity contribution in [3.63, 3.8) is 0 Å². The number of rotatable bonds is 3. The van der Waals surface area contributed by atoms with Crippen LogP contribution in [0.15, 0.2) is 42.5 Å². The molecular formula is C18H21NO. The van der Waals surface area contributed by atoms with Crippen molar-refractivity contribution in [3.8, 4) is 5.75 Å². The minimum absolute atomic E-state index is 0.167. The minimum atomic E-state index is 0.167. The molecule has 0 heterocycles. The highest BCUT2D eigenvalue weighted by molar-refractivity contribution is 5.39. The van der Waals surface area contributed by atoms with Gasteiger partial charge in [-0.3, -0.25) is 0 Å². The third-order valence-corrected chi connectivity index (χ3v) is 4.13. The Kier molecular flexibility index (Phi) is 3.75. The quantitative estimate of drug-likeness (QED) is 0.915. The molecule has 0 saturated heterocycles. The lowest BCUT2D eigenvalue weighted by molar-refractivity contribution is 0.304. The van der Waals surface area contributed by atoms with Crippen molar-refractivity contribution in [1.29, 1.82) is 0 Å². The van der Waals surface area contributed by atoms with Gasteiger partial charge in [0.15, 0.2) is 0 Å². The fraction of sp³-hybridized carbons (Fsp3) is 0.333. The molecule has 2 aromatic carbocycles. The Labute approximate surface area is 120 Å². The van der Waals surface area contributed by atoms with Crippen LogP contribution in [0.4, 0.5) is 0 Å². The van der Waals surface area contributed by atoms with E-state index < -0.39 is 0 Å². The zero-order valence-corrected chi connectivity index (χ0v) is 11.9. The summed E-state index contributed by atoms with van der Waals surface area (Å²) >= 11 is 0. The Hall–Kier alpha value is -1.80. The van der Waals surface area contributed by atoms with E-state index in [1.807, 2.05) is 0 Å². The SMILES string of the molecule is Cc1ccccc1COc1ccc2c(c1)[C@@H](N)CCC2. The number of nitrogens with two attached hydrogens (primary N) is 1. The molecule has 2 aromatic rings. The summed E-state index contributed by atoms with van der Waals surface area (Å²) in [6.45, 7) is 2.72. The molecule has 1 aliphatic rings. The van der Waals surface area contributed by atoms with Gasteiger partial charge in [-0.1, -0.05) is 30.3 Å². The predicted octanol–water partition coefficient (Wildman–Crippen LogP) is 3.91. The molecule has 2 nitrogen and oxygen atoms in total. The molecule has 0 aromatic heterocycles. The number of fused-ring (bicyclic) bond motifs is 1. The van der Waals surface area contributed by atoms with Crippen LogP contribution in [0, 0.1) is 6.92 Å². The van der Waals surface area contributed by atoms with E-state index in [0.717, 1.165) is 18.6 Å². The third kappa shape index (κ3) is 2.70. The first-order valence-electron chi connectivity index (χ1n) is 7.30. The second-order valence-electron chi connectivity index (χ2n) is 5.57. The molecule has 20 heavy (non-hydrogen) atoms. The lowest BCUT2D eigenvalue weighted by atomic mass is 9.88. The van der Waals surface area contributed by atoms with Gasteiger partial charge in [0, 0.05) is 6.04 Å². The van der Waals surface area contributed by atoms with Crippen molar-refractivity contribution in [1.82, 2.24) is 0 Å². The van der Waals surface area contributed by atoms with Gasteiger partial charge in [-0.2, -0.15) is 0 Å². The number of aryl methyl sites for hydroxylation is 2. The van der Waals surface area contributed by atoms with Gasteiger partial charge in [0.25, 0.3) is 0 Å². The highest BCUT2D eigenvalue weighted by Gasteiger charge is 2.17. The number of hydrogen-bond donors (Lipinski definition) is 1. The summed E-state index contributed by atoms with van der Waals surface area (Å²) in [6.07, 6.45) is 3.41. The first kappa shape index (κ1) is 13.2. The van der Waals surface area contributed by atoms with E-state index in [9.17, 15) is 0 Å². The summed E-state index contributed by atoms with van der Waals surface area (Å²) in [6, 6.07) is 14.8. The molecule has 1 atom stereocenters. The minimum Gasteiger partial charge on any atom is -0.489 e. The molecule has 0 spiro atoms. The topological polar surface area (TPSA) is 35.2 Å². The molecule has 0 unspecified atom stereocenters. The van der Waals surface area contributed by atoms with Crippen molar-refractivity contribution < 1.29 is 4.74 Å². The lowest BCUT2D eigenvalue weighted by Gasteiger charge is -2.22. The first-order valence-corrected chi connectivity index (χ1v) is 7.30. The molecule has 3 rings (SSSR count). The molecule has 0 bridgehead atoms. The van der Waals surface area contributed by atoms with Crippen molar-refractivity contribution >= 4 is 0 Å². The maximum absolute atomic E-state index is 6.19. The molecule has 104 valence electrons. The standard InChI is InChI=1S/C18H21NO/c1-13-5-2-3-6-15(13)12-20-16-10-9-14-7-4-8-18(19)17(14)11-16/h2-3,5-6,9-11,18H,4,7-8,12,19H2,1H3/t18-/m0/s1. The summed E-state index contributed by atoms with van der Waals surface area (Å²) in [5.74, 6) is 0.921. The van der Waals surface area contributed by atoms with Crippen LogP contribution in [0.25, 0.3) is 0 Å². The lowest BCUT2D eigenvalue weighted by Crippen LogP contribution is -2.17. The molecule has 0 aliphatic heterocycles. The summed E-state index contributed by atoms with van der Waals surface area (Å²) < 4.78 is 5.93. The fourth-order valence-electron chi connectivity index (χ4n) is 2.84. The van der Waals surface area contributed by atoms with Crippen LogP contribution in [0.5, 0.6) is 5.75 Å². The summed E-state index contributed by atoms with van der Waals surface area (Å²) in [5, 5.41) is 0. The number of hydrogen-bond acceptors (Lipinski definition) is 2. The Morgan fingerprint density at radius 1 is 1.20 bits per heavy atom. The average molecular weight is 267 g/mol. The first-order chi connectivity index (χ1) is 9.74. The summed E-state index contributed by atoms with van der Waals surface area (Å²) in [5.41, 5.74) is 11.3. The van der Waals surface area contributed by atoms with E-state index in [0.29, 0.717) is 6.61 Å². The van der Waals surface area contributed by atoms with E-state index in [2.05, 4.69) is 49.4 Å². The second kappa shape index (κ2) is 5.68. The van der Waals surface area contributed by atoms with Gasteiger partial charge in [0.1, 0.15) is 12.4 Å². The van der Waals surface area contributed by atoms with Gasteiger partial charge in [-0.25, -0.2) is 0 Å². The third-order valence-electron chi connectivity index (χ3n) is 4.13. The largest absolute Gasteiger partial charge is 0.489 e. The molecular weight excluding hydrogens is 246 g/mol. The van der Waals surface area contributed by atoms with Crippen molar-refractivity contribution in [2.24, 2.45) is 5.73 Å². The maximum atomic E-state index is 6.19. The zero-order valence-electron chi connectivity index (χ0n) is 11.9. The molecule has 2 heteroatoms. The maximum Gasteiger partial charge on any atom is 0.120 e. The molecule has 0 amide bonds. The smallest absolute Gasteiger partial charge is 0.120 e. The van der Waals surface area contributed by atoms with E-state index in [-0.39, 0.29) is 6.04 Å². The van der Waals surface area contributed by atoms with Crippen molar-refractivity contribution in [2.45, 2.75) is 38.8 Å². The van der Waals surface area contributed by atoms with Gasteiger partial charge >= 0.3 is 0 Å². The van der Waals surface area contributed by atoms with Crippen LogP contribution in [0.2, 0.25) is 0 Å². The highest BCUT2D eigenvalue weighted by atomic mass is 16.5. The van der Waals surface area contributed by atoms with E-state index in [1.165, 1.54) is 28.7 Å². The Balaban J connectivity index is 1.75. The monoisotopic (exact) mass is 267 g/mol.